The number of sulfonamides is 1. The van der Waals surface area contributed by atoms with E-state index in [2.05, 4.69) is 32.3 Å². The molecule has 4 aromatic carbocycles. The molecule has 5 aromatic rings. The number of halogens is 7. The van der Waals surface area contributed by atoms with E-state index in [0.717, 1.165) is 46.8 Å². The first kappa shape index (κ1) is 49.5. The number of thioether (sulfide) groups is 1. The van der Waals surface area contributed by atoms with E-state index in [9.17, 15) is 43.2 Å². The molecule has 21 heteroatoms. The van der Waals surface area contributed by atoms with E-state index in [0.29, 0.717) is 43.4 Å². The third kappa shape index (κ3) is 11.6. The van der Waals surface area contributed by atoms with Crippen LogP contribution in [-0.4, -0.2) is 98.2 Å². The van der Waals surface area contributed by atoms with Crippen LogP contribution >= 0.6 is 23.4 Å². The smallest absolute Gasteiger partial charge is 0.381 e. The van der Waals surface area contributed by atoms with Gasteiger partial charge >= 0.3 is 11.7 Å². The molecule has 1 aromatic heterocycles. The Morgan fingerprint density at radius 2 is 1.53 bits per heavy atom. The molecule has 354 valence electrons. The molecule has 0 saturated carbocycles. The number of sulfone groups is 1. The number of hydrogen-bond donors (Lipinski definition) is 2. The first-order valence-corrected chi connectivity index (χ1v) is 25.2. The number of likely N-dealkylation sites (tertiary alicyclic amines) is 1. The van der Waals surface area contributed by atoms with Crippen molar-refractivity contribution in [3.63, 3.8) is 0 Å². The van der Waals surface area contributed by atoms with Crippen molar-refractivity contribution in [3.8, 4) is 11.1 Å². The van der Waals surface area contributed by atoms with Gasteiger partial charge in [0.05, 0.1) is 21.7 Å². The Balaban J connectivity index is 1.09. The number of nitrogens with zero attached hydrogens (tertiary/aromatic N) is 5. The van der Waals surface area contributed by atoms with Crippen molar-refractivity contribution in [2.24, 2.45) is 0 Å². The predicted molar refractivity (Wildman–Crippen MR) is 244 cm³/mol. The lowest BCUT2D eigenvalue weighted by molar-refractivity contribution is -0.145. The maximum atomic E-state index is 14.3. The van der Waals surface area contributed by atoms with Gasteiger partial charge in [0.25, 0.3) is 19.9 Å². The van der Waals surface area contributed by atoms with E-state index in [-0.39, 0.29) is 35.6 Å². The Labute approximate surface area is 389 Å². The molecule has 7 rings (SSSR count). The van der Waals surface area contributed by atoms with Gasteiger partial charge in [-0.2, -0.15) is 26.3 Å². The summed E-state index contributed by atoms with van der Waals surface area (Å²) in [7, 11) is -7.55. The highest BCUT2D eigenvalue weighted by atomic mass is 35.5. The summed E-state index contributed by atoms with van der Waals surface area (Å²) in [6, 6.07) is 26.6. The molecular formula is C45H48ClF6N7O4S3. The van der Waals surface area contributed by atoms with E-state index in [1.54, 1.807) is 6.92 Å². The normalized spacial score (nSPS) is 16.8. The van der Waals surface area contributed by atoms with Gasteiger partial charge in [-0.25, -0.2) is 26.8 Å². The Morgan fingerprint density at radius 3 is 2.18 bits per heavy atom. The molecule has 66 heavy (non-hydrogen) atoms. The van der Waals surface area contributed by atoms with Gasteiger partial charge in [-0.05, 0) is 119 Å². The maximum absolute atomic E-state index is 14.3. The number of nitrogens with one attached hydrogen (secondary N) is 2. The van der Waals surface area contributed by atoms with Gasteiger partial charge in [0, 0.05) is 47.2 Å². The summed E-state index contributed by atoms with van der Waals surface area (Å²) in [5, 5.41) is 3.25. The molecule has 2 aliphatic rings. The van der Waals surface area contributed by atoms with Crippen molar-refractivity contribution in [1.82, 2.24) is 24.7 Å². The van der Waals surface area contributed by atoms with Gasteiger partial charge in [0.1, 0.15) is 10.7 Å². The van der Waals surface area contributed by atoms with Crippen LogP contribution in [0.4, 0.5) is 37.8 Å². The molecule has 11 nitrogen and oxygen atoms in total. The molecule has 3 heterocycles. The number of hydrogen-bond acceptors (Lipinski definition) is 11. The summed E-state index contributed by atoms with van der Waals surface area (Å²) in [6.07, 6.45) is -3.29. The third-order valence-corrected chi connectivity index (χ3v) is 16.2. The molecule has 2 atom stereocenters. The first-order valence-electron chi connectivity index (χ1n) is 21.0. The molecule has 2 unspecified atom stereocenters. The average Bonchev–Trinajstić information content (AvgIpc) is 3.26. The molecule has 0 spiro atoms. The van der Waals surface area contributed by atoms with Gasteiger partial charge in [-0.3, -0.25) is 19.4 Å². The number of aromatic nitrogens is 2. The van der Waals surface area contributed by atoms with Crippen molar-refractivity contribution < 1.29 is 43.2 Å². The summed E-state index contributed by atoms with van der Waals surface area (Å²) in [5.74, 6) is -2.30. The summed E-state index contributed by atoms with van der Waals surface area (Å²) in [5.41, 5.74) is -3.01. The lowest BCUT2D eigenvalue weighted by Gasteiger charge is -2.40. The zero-order valence-electron chi connectivity index (χ0n) is 36.1. The minimum Gasteiger partial charge on any atom is -0.381 e. The van der Waals surface area contributed by atoms with Crippen LogP contribution in [0.15, 0.2) is 112 Å². The number of benzene rings is 4. The second-order valence-electron chi connectivity index (χ2n) is 16.6. The van der Waals surface area contributed by atoms with Crippen molar-refractivity contribution >= 4 is 54.7 Å². The second kappa shape index (κ2) is 20.0. The van der Waals surface area contributed by atoms with Crippen molar-refractivity contribution in [3.05, 3.63) is 125 Å². The zero-order valence-corrected chi connectivity index (χ0v) is 39.3. The van der Waals surface area contributed by atoms with Crippen LogP contribution in [0.5, 0.6) is 0 Å². The van der Waals surface area contributed by atoms with Crippen molar-refractivity contribution in [2.75, 3.05) is 43.8 Å². The van der Waals surface area contributed by atoms with Gasteiger partial charge in [-0.1, -0.05) is 66.2 Å². The number of rotatable bonds is 15. The van der Waals surface area contributed by atoms with Crippen LogP contribution in [0.2, 0.25) is 5.02 Å². The molecule has 0 amide bonds. The average molecular weight is 997 g/mol. The van der Waals surface area contributed by atoms with E-state index in [1.807, 2.05) is 95.3 Å². The summed E-state index contributed by atoms with van der Waals surface area (Å²) < 4.78 is 141. The number of piperidine rings is 1. The third-order valence-electron chi connectivity index (χ3n) is 11.6. The largest absolute Gasteiger partial charge is 0.501 e. The quantitative estimate of drug-likeness (QED) is 0.0591. The van der Waals surface area contributed by atoms with E-state index in [1.165, 1.54) is 11.8 Å². The molecule has 0 aliphatic carbocycles. The van der Waals surface area contributed by atoms with Gasteiger partial charge in [0.15, 0.2) is 0 Å². The van der Waals surface area contributed by atoms with Crippen LogP contribution in [0.25, 0.3) is 11.1 Å². The summed E-state index contributed by atoms with van der Waals surface area (Å²) >= 11 is 7.60. The minimum absolute atomic E-state index is 0.00872. The second-order valence-corrected chi connectivity index (χ2v) is 21.8. The monoisotopic (exact) mass is 995 g/mol. The highest BCUT2D eigenvalue weighted by Gasteiger charge is 2.49. The maximum Gasteiger partial charge on any atom is 0.501 e. The van der Waals surface area contributed by atoms with Gasteiger partial charge in [-0.15, -0.1) is 11.8 Å². The highest BCUT2D eigenvalue weighted by molar-refractivity contribution is 7.99. The topological polar surface area (TPSA) is 128 Å². The van der Waals surface area contributed by atoms with Crippen molar-refractivity contribution in [1.29, 1.82) is 0 Å². The van der Waals surface area contributed by atoms with E-state index < -0.39 is 64.7 Å². The molecule has 1 fully saturated rings. The lowest BCUT2D eigenvalue weighted by atomic mass is 9.96. The van der Waals surface area contributed by atoms with Crippen molar-refractivity contribution in [2.45, 2.75) is 89.5 Å². The molecule has 2 aliphatic heterocycles. The Bertz CT molecular complexity index is 2730. The molecular weight excluding hydrogens is 948 g/mol. The summed E-state index contributed by atoms with van der Waals surface area (Å²) in [4.78, 5) is 12.2. The zero-order chi connectivity index (χ0) is 47.6. The minimum atomic E-state index is -6.15. The lowest BCUT2D eigenvalue weighted by Crippen LogP contribution is -2.46. The molecule has 2 N–H and O–H groups in total. The van der Waals surface area contributed by atoms with Crippen LogP contribution < -0.4 is 10.0 Å². The standard InChI is InChI=1S/C45H48ClF6N7O4S3/c1-29(25-41(57(2)3)64-34-10-5-4-6-11-34)53-38-18-17-35(26-40(38)65(60,61)45(50,51)52)66(62,63)56-42-37-21-24-59(28-39(37)54-43(55-42)44(47,48)49)33-19-22-58(23-20-33)27-31-9-7-8-12-36(31)30-13-15-32(46)16-14-30/h4-18,26,29,33,41,53H,19-25,27-28H2,1-3H3,(H,54,55,56). The fraction of sp³-hybridized carbons (Fsp3) is 0.378. The Morgan fingerprint density at radius 1 is 0.864 bits per heavy atom. The first-order chi connectivity index (χ1) is 31.1. The SMILES string of the molecule is CC(CC(Sc1ccccc1)N(C)C)Nc1ccc(S(=O)(=O)Nc2nc(C(F)(F)F)nc3c2CCN(C2CCN(Cc4ccccc4-c4ccc(Cl)cc4)CC2)C3)cc1S(=O)(=O)C(F)(F)F. The predicted octanol–water partition coefficient (Wildman–Crippen LogP) is 9.80. The summed E-state index contributed by atoms with van der Waals surface area (Å²) in [6.45, 7) is 4.07. The molecule has 1 saturated heterocycles. The van der Waals surface area contributed by atoms with Gasteiger partial charge in [0.2, 0.25) is 5.82 Å². The number of fused-ring (bicyclic) bond motifs is 1. The van der Waals surface area contributed by atoms with Crippen LogP contribution in [0.1, 0.15) is 48.8 Å². The number of alkyl halides is 6. The van der Waals surface area contributed by atoms with Crippen LogP contribution in [0.3, 0.4) is 0 Å². The molecule has 0 radical (unpaired) electrons. The van der Waals surface area contributed by atoms with E-state index in [4.69, 9.17) is 11.6 Å². The number of anilines is 2. The van der Waals surface area contributed by atoms with Crippen LogP contribution in [-0.2, 0) is 45.5 Å². The van der Waals surface area contributed by atoms with Gasteiger partial charge < -0.3 is 5.32 Å². The fourth-order valence-corrected chi connectivity index (χ4v) is 11.6. The molecule has 0 bridgehead atoms. The van der Waals surface area contributed by atoms with E-state index >= 15 is 0 Å². The highest BCUT2D eigenvalue weighted by Crippen LogP contribution is 2.39. The Hall–Kier alpha value is -4.44. The van der Waals surface area contributed by atoms with Crippen LogP contribution in [0, 0.1) is 0 Å². The Kier molecular flexibility index (Phi) is 15.0. The fourth-order valence-electron chi connectivity index (χ4n) is 8.20.